The SMILES string of the molecule is Cc1occc1CN(C)c1ccc(F)cc1[C@H](C)O. The number of hydrogen-bond donors (Lipinski definition) is 1. The normalized spacial score (nSPS) is 12.5. The summed E-state index contributed by atoms with van der Waals surface area (Å²) >= 11 is 0. The zero-order chi connectivity index (χ0) is 14.0. The average Bonchev–Trinajstić information content (AvgIpc) is 2.74. The molecular weight excluding hydrogens is 245 g/mol. The third-order valence-corrected chi connectivity index (χ3v) is 3.22. The van der Waals surface area contributed by atoms with Crippen LogP contribution in [0.3, 0.4) is 0 Å². The number of rotatable bonds is 4. The molecule has 0 aliphatic rings. The lowest BCUT2D eigenvalue weighted by Crippen LogP contribution is -2.19. The molecular formula is C15H18FNO2. The molecule has 3 nitrogen and oxygen atoms in total. The maximum absolute atomic E-state index is 13.3. The Balaban J connectivity index is 2.28. The molecule has 0 spiro atoms. The van der Waals surface area contributed by atoms with Crippen LogP contribution in [-0.4, -0.2) is 12.2 Å². The molecule has 19 heavy (non-hydrogen) atoms. The van der Waals surface area contributed by atoms with Crippen LogP contribution in [0.25, 0.3) is 0 Å². The Bertz CT molecular complexity index is 563. The number of aryl methyl sites for hydroxylation is 1. The molecule has 0 saturated carbocycles. The van der Waals surface area contributed by atoms with Crippen LogP contribution in [0.1, 0.15) is 29.9 Å². The molecule has 1 aromatic carbocycles. The quantitative estimate of drug-likeness (QED) is 0.918. The summed E-state index contributed by atoms with van der Waals surface area (Å²) in [4.78, 5) is 1.97. The van der Waals surface area contributed by atoms with Crippen molar-refractivity contribution in [3.63, 3.8) is 0 Å². The summed E-state index contributed by atoms with van der Waals surface area (Å²) in [5.74, 6) is 0.528. The van der Waals surface area contributed by atoms with E-state index in [9.17, 15) is 9.50 Å². The van der Waals surface area contributed by atoms with Crippen molar-refractivity contribution in [2.24, 2.45) is 0 Å². The van der Waals surface area contributed by atoms with E-state index in [1.807, 2.05) is 24.9 Å². The fraction of sp³-hybridized carbons (Fsp3) is 0.333. The van der Waals surface area contributed by atoms with Crippen molar-refractivity contribution < 1.29 is 13.9 Å². The molecule has 0 fully saturated rings. The van der Waals surface area contributed by atoms with Gasteiger partial charge in [-0.05, 0) is 38.1 Å². The Hall–Kier alpha value is -1.81. The highest BCUT2D eigenvalue weighted by atomic mass is 19.1. The second kappa shape index (κ2) is 5.45. The molecule has 0 aliphatic carbocycles. The predicted molar refractivity (Wildman–Crippen MR) is 72.6 cm³/mol. The van der Waals surface area contributed by atoms with Crippen LogP contribution >= 0.6 is 0 Å². The molecule has 2 rings (SSSR count). The number of furan rings is 1. The number of hydrogen-bond acceptors (Lipinski definition) is 3. The topological polar surface area (TPSA) is 36.6 Å². The maximum Gasteiger partial charge on any atom is 0.123 e. The summed E-state index contributed by atoms with van der Waals surface area (Å²) in [7, 11) is 1.91. The van der Waals surface area contributed by atoms with E-state index in [0.29, 0.717) is 12.1 Å². The minimum Gasteiger partial charge on any atom is -0.469 e. The highest BCUT2D eigenvalue weighted by Crippen LogP contribution is 2.28. The Morgan fingerprint density at radius 1 is 1.37 bits per heavy atom. The van der Waals surface area contributed by atoms with Gasteiger partial charge in [0.25, 0.3) is 0 Å². The smallest absolute Gasteiger partial charge is 0.123 e. The van der Waals surface area contributed by atoms with Crippen LogP contribution in [0, 0.1) is 12.7 Å². The van der Waals surface area contributed by atoms with E-state index in [2.05, 4.69) is 0 Å². The second-order valence-corrected chi connectivity index (χ2v) is 4.74. The Kier molecular flexibility index (Phi) is 3.90. The minimum absolute atomic E-state index is 0.340. The van der Waals surface area contributed by atoms with Crippen molar-refractivity contribution in [2.45, 2.75) is 26.5 Å². The van der Waals surface area contributed by atoms with Crippen molar-refractivity contribution in [3.05, 3.63) is 53.2 Å². The van der Waals surface area contributed by atoms with E-state index in [-0.39, 0.29) is 5.82 Å². The van der Waals surface area contributed by atoms with Gasteiger partial charge < -0.3 is 14.4 Å². The Labute approximate surface area is 112 Å². The first-order valence-corrected chi connectivity index (χ1v) is 6.20. The number of aliphatic hydroxyl groups is 1. The summed E-state index contributed by atoms with van der Waals surface area (Å²) in [6.07, 6.45) is 0.942. The molecule has 4 heteroatoms. The summed E-state index contributed by atoms with van der Waals surface area (Å²) < 4.78 is 18.5. The predicted octanol–water partition coefficient (Wildman–Crippen LogP) is 3.42. The van der Waals surface area contributed by atoms with Crippen LogP contribution in [0.15, 0.2) is 34.9 Å². The molecule has 0 unspecified atom stereocenters. The van der Waals surface area contributed by atoms with Gasteiger partial charge in [-0.2, -0.15) is 0 Å². The van der Waals surface area contributed by atoms with E-state index < -0.39 is 6.10 Å². The first-order chi connectivity index (χ1) is 8.99. The molecule has 0 radical (unpaired) electrons. The molecule has 1 atom stereocenters. The number of aliphatic hydroxyl groups excluding tert-OH is 1. The zero-order valence-electron chi connectivity index (χ0n) is 11.4. The van der Waals surface area contributed by atoms with E-state index in [1.165, 1.54) is 12.1 Å². The van der Waals surface area contributed by atoms with Crippen LogP contribution < -0.4 is 4.90 Å². The number of benzene rings is 1. The van der Waals surface area contributed by atoms with Crippen LogP contribution in [0.4, 0.5) is 10.1 Å². The van der Waals surface area contributed by atoms with Crippen molar-refractivity contribution in [1.29, 1.82) is 0 Å². The minimum atomic E-state index is -0.710. The van der Waals surface area contributed by atoms with E-state index in [1.54, 1.807) is 19.3 Å². The van der Waals surface area contributed by atoms with Crippen molar-refractivity contribution >= 4 is 5.69 Å². The van der Waals surface area contributed by atoms with Gasteiger partial charge in [0.2, 0.25) is 0 Å². The zero-order valence-corrected chi connectivity index (χ0v) is 11.4. The summed E-state index contributed by atoms with van der Waals surface area (Å²) in [6.45, 7) is 4.19. The van der Waals surface area contributed by atoms with Crippen LogP contribution in [0.2, 0.25) is 0 Å². The highest BCUT2D eigenvalue weighted by Gasteiger charge is 2.14. The first-order valence-electron chi connectivity index (χ1n) is 6.20. The van der Waals surface area contributed by atoms with Gasteiger partial charge in [0.15, 0.2) is 0 Å². The fourth-order valence-electron chi connectivity index (χ4n) is 2.12. The van der Waals surface area contributed by atoms with Gasteiger partial charge >= 0.3 is 0 Å². The standard InChI is InChI=1S/C15H18FNO2/c1-10(18)14-8-13(16)4-5-15(14)17(3)9-12-6-7-19-11(12)2/h4-8,10,18H,9H2,1-3H3/t10-/m0/s1. The van der Waals surface area contributed by atoms with Crippen molar-refractivity contribution in [1.82, 2.24) is 0 Å². The van der Waals surface area contributed by atoms with Crippen molar-refractivity contribution in [3.8, 4) is 0 Å². The number of nitrogens with zero attached hydrogens (tertiary/aromatic N) is 1. The van der Waals surface area contributed by atoms with Gasteiger partial charge in [-0.3, -0.25) is 0 Å². The summed E-state index contributed by atoms with van der Waals surface area (Å²) in [5, 5.41) is 9.75. The van der Waals surface area contributed by atoms with Gasteiger partial charge in [-0.15, -0.1) is 0 Å². The van der Waals surface area contributed by atoms with Gasteiger partial charge in [0.1, 0.15) is 11.6 Å². The van der Waals surface area contributed by atoms with Gasteiger partial charge in [0, 0.05) is 30.4 Å². The molecule has 0 bridgehead atoms. The van der Waals surface area contributed by atoms with Gasteiger partial charge in [-0.25, -0.2) is 4.39 Å². The van der Waals surface area contributed by atoms with Gasteiger partial charge in [-0.1, -0.05) is 0 Å². The van der Waals surface area contributed by atoms with Gasteiger partial charge in [0.05, 0.1) is 12.4 Å². The molecule has 1 aromatic heterocycles. The third-order valence-electron chi connectivity index (χ3n) is 3.22. The molecule has 1 heterocycles. The van der Waals surface area contributed by atoms with Crippen molar-refractivity contribution in [2.75, 3.05) is 11.9 Å². The number of anilines is 1. The molecule has 1 N–H and O–H groups in total. The second-order valence-electron chi connectivity index (χ2n) is 4.74. The van der Waals surface area contributed by atoms with E-state index in [4.69, 9.17) is 4.42 Å². The average molecular weight is 263 g/mol. The van der Waals surface area contributed by atoms with Crippen LogP contribution in [0.5, 0.6) is 0 Å². The maximum atomic E-state index is 13.3. The fourth-order valence-corrected chi connectivity index (χ4v) is 2.12. The molecule has 2 aromatic rings. The van der Waals surface area contributed by atoms with E-state index in [0.717, 1.165) is 17.0 Å². The Morgan fingerprint density at radius 2 is 2.11 bits per heavy atom. The third kappa shape index (κ3) is 2.96. The largest absolute Gasteiger partial charge is 0.469 e. The monoisotopic (exact) mass is 263 g/mol. The lowest BCUT2D eigenvalue weighted by Gasteiger charge is -2.23. The highest BCUT2D eigenvalue weighted by molar-refractivity contribution is 5.54. The van der Waals surface area contributed by atoms with E-state index >= 15 is 0 Å². The Morgan fingerprint density at radius 3 is 2.68 bits per heavy atom. The first kappa shape index (κ1) is 13.6. The lowest BCUT2D eigenvalue weighted by molar-refractivity contribution is 0.199. The molecule has 0 amide bonds. The molecule has 0 saturated heterocycles. The molecule has 0 aliphatic heterocycles. The van der Waals surface area contributed by atoms with Crippen LogP contribution in [-0.2, 0) is 6.54 Å². The number of halogens is 1. The summed E-state index contributed by atoms with van der Waals surface area (Å²) in [6, 6.07) is 6.38. The lowest BCUT2D eigenvalue weighted by atomic mass is 10.1. The molecule has 102 valence electrons. The summed E-state index contributed by atoms with van der Waals surface area (Å²) in [5.41, 5.74) is 2.48.